The van der Waals surface area contributed by atoms with Crippen molar-refractivity contribution in [3.8, 4) is 17.2 Å². The van der Waals surface area contributed by atoms with Gasteiger partial charge >= 0.3 is 0 Å². The number of nitriles is 1. The van der Waals surface area contributed by atoms with E-state index in [1.807, 2.05) is 6.07 Å². The molecule has 0 unspecified atom stereocenters. The Morgan fingerprint density at radius 1 is 1.33 bits per heavy atom. The fourth-order valence-electron chi connectivity index (χ4n) is 1.77. The smallest absolute Gasteiger partial charge is 0.197 e. The van der Waals surface area contributed by atoms with Gasteiger partial charge in [-0.2, -0.15) is 5.26 Å². The van der Waals surface area contributed by atoms with Gasteiger partial charge in [-0.05, 0) is 6.07 Å². The number of anilines is 1. The Hall–Kier alpha value is -3.01. The van der Waals surface area contributed by atoms with Crippen LogP contribution in [-0.4, -0.2) is 19.9 Å². The molecule has 0 bridgehead atoms. The Morgan fingerprint density at radius 3 is 2.94 bits per heavy atom. The maximum absolute atomic E-state index is 8.93. The maximum Gasteiger partial charge on any atom is 0.197 e. The highest BCUT2D eigenvalue weighted by molar-refractivity contribution is 5.84. The van der Waals surface area contributed by atoms with E-state index < -0.39 is 0 Å². The molecule has 2 aliphatic rings. The first-order chi connectivity index (χ1) is 8.70. The van der Waals surface area contributed by atoms with E-state index in [1.165, 1.54) is 12.5 Å². The minimum absolute atomic E-state index is 0.0230. The Bertz CT molecular complexity index is 827. The number of nitrogens with one attached hydrogen (secondary N) is 2. The molecule has 0 saturated carbocycles. The quantitative estimate of drug-likeness (QED) is 0.521. The number of nitrogen functional groups attached to an aromatic ring is 1. The van der Waals surface area contributed by atoms with Crippen LogP contribution in [0, 0.1) is 16.7 Å². The molecule has 1 aliphatic carbocycles. The molecule has 1 aromatic rings. The minimum Gasteiger partial charge on any atom is -0.397 e. The maximum atomic E-state index is 8.93. The lowest BCUT2D eigenvalue weighted by molar-refractivity contribution is 1.12. The largest absolute Gasteiger partial charge is 0.397 e. The van der Waals surface area contributed by atoms with E-state index >= 15 is 0 Å². The van der Waals surface area contributed by atoms with Crippen LogP contribution >= 0.6 is 0 Å². The summed E-state index contributed by atoms with van der Waals surface area (Å²) < 4.78 is 0. The zero-order valence-corrected chi connectivity index (χ0v) is 9.10. The number of aromatic nitrogens is 4. The van der Waals surface area contributed by atoms with E-state index in [4.69, 9.17) is 16.4 Å². The van der Waals surface area contributed by atoms with E-state index in [0.29, 0.717) is 33.7 Å². The van der Waals surface area contributed by atoms with Crippen molar-refractivity contribution in [1.82, 2.24) is 19.9 Å². The van der Waals surface area contributed by atoms with E-state index in [-0.39, 0.29) is 5.49 Å². The van der Waals surface area contributed by atoms with Crippen LogP contribution in [0.1, 0.15) is 5.56 Å². The Labute approximate surface area is 101 Å². The molecule has 3 rings (SSSR count). The fourth-order valence-corrected chi connectivity index (χ4v) is 1.77. The lowest BCUT2D eigenvalue weighted by Crippen LogP contribution is -2.07. The predicted octanol–water partition coefficient (Wildman–Crippen LogP) is 0.391. The highest BCUT2D eigenvalue weighted by Gasteiger charge is 2.15. The number of nitrogens with zero attached hydrogens (tertiary/aromatic N) is 4. The molecule has 0 atom stereocenters. The first-order valence-electron chi connectivity index (χ1n) is 5.08. The summed E-state index contributed by atoms with van der Waals surface area (Å²) >= 11 is 0. The van der Waals surface area contributed by atoms with E-state index in [0.717, 1.165) is 0 Å². The van der Waals surface area contributed by atoms with Gasteiger partial charge < -0.3 is 10.7 Å². The summed E-state index contributed by atoms with van der Waals surface area (Å²) in [6.45, 7) is 0. The zero-order valence-electron chi connectivity index (χ0n) is 9.10. The van der Waals surface area contributed by atoms with Crippen LogP contribution in [0.5, 0.6) is 0 Å². The van der Waals surface area contributed by atoms with Crippen LogP contribution in [-0.2, 0) is 0 Å². The first kappa shape index (κ1) is 10.2. The van der Waals surface area contributed by atoms with Crippen LogP contribution in [0.25, 0.3) is 22.4 Å². The summed E-state index contributed by atoms with van der Waals surface area (Å²) in [5.41, 5.74) is 8.33. The summed E-state index contributed by atoms with van der Waals surface area (Å²) in [7, 11) is 0. The summed E-state index contributed by atoms with van der Waals surface area (Å²) in [5, 5.41) is 16.9. The Morgan fingerprint density at radius 2 is 2.17 bits per heavy atom. The van der Waals surface area contributed by atoms with Gasteiger partial charge in [-0.1, -0.05) is 0 Å². The first-order valence-corrected chi connectivity index (χ1v) is 5.08. The minimum atomic E-state index is 0.0230. The van der Waals surface area contributed by atoms with Gasteiger partial charge in [0.2, 0.25) is 0 Å². The molecule has 86 valence electrons. The number of H-pyrrole nitrogens is 1. The van der Waals surface area contributed by atoms with Crippen LogP contribution in [0.15, 0.2) is 18.6 Å². The molecule has 0 aromatic carbocycles. The van der Waals surface area contributed by atoms with Gasteiger partial charge in [-0.3, -0.25) is 5.41 Å². The van der Waals surface area contributed by atoms with E-state index in [2.05, 4.69) is 19.9 Å². The number of nitrogens with two attached hydrogens (primary N) is 1. The third-order valence-electron chi connectivity index (χ3n) is 2.67. The summed E-state index contributed by atoms with van der Waals surface area (Å²) in [6, 6.07) is 3.53. The molecule has 2 heterocycles. The summed E-state index contributed by atoms with van der Waals surface area (Å²) in [4.78, 5) is 15.0. The second kappa shape index (κ2) is 3.49. The molecular weight excluding hydrogens is 230 g/mol. The highest BCUT2D eigenvalue weighted by atomic mass is 15.0. The predicted molar refractivity (Wildman–Crippen MR) is 63.3 cm³/mol. The molecule has 0 spiro atoms. The SMILES string of the molecule is N#Cc1cc2c(=N)nc3[nH]cnc3ncc-2c1N. The molecule has 18 heavy (non-hydrogen) atoms. The lowest BCUT2D eigenvalue weighted by Gasteiger charge is -1.95. The second-order valence-corrected chi connectivity index (χ2v) is 3.70. The number of aromatic amines is 1. The third-order valence-corrected chi connectivity index (χ3v) is 2.67. The number of fused-ring (bicyclic) bond motifs is 2. The Balaban J connectivity index is 2.53. The van der Waals surface area contributed by atoms with E-state index in [9.17, 15) is 0 Å². The monoisotopic (exact) mass is 237 g/mol. The van der Waals surface area contributed by atoms with Crippen molar-refractivity contribution in [1.29, 1.82) is 10.7 Å². The normalized spacial score (nSPS) is 10.6. The van der Waals surface area contributed by atoms with Crippen LogP contribution in [0.2, 0.25) is 0 Å². The van der Waals surface area contributed by atoms with Crippen molar-refractivity contribution in [3.05, 3.63) is 29.6 Å². The molecule has 0 fully saturated rings. The molecule has 0 amide bonds. The molecule has 0 radical (unpaired) electrons. The number of hydrogen-bond donors (Lipinski definition) is 3. The van der Waals surface area contributed by atoms with Gasteiger partial charge in [0.25, 0.3) is 0 Å². The summed E-state index contributed by atoms with van der Waals surface area (Å²) in [6.07, 6.45) is 2.97. The molecule has 1 aliphatic heterocycles. The van der Waals surface area contributed by atoms with Crippen molar-refractivity contribution in [2.24, 2.45) is 0 Å². The zero-order chi connectivity index (χ0) is 12.7. The fraction of sp³-hybridized carbons (Fsp3) is 0. The Kier molecular flexibility index (Phi) is 1.97. The van der Waals surface area contributed by atoms with Crippen LogP contribution < -0.4 is 11.2 Å². The highest BCUT2D eigenvalue weighted by Crippen LogP contribution is 2.29. The van der Waals surface area contributed by atoms with Crippen LogP contribution in [0.4, 0.5) is 5.69 Å². The standard InChI is InChI=1S/C11H7N7/c12-2-5-1-6-7(8(5)13)3-15-10-11(17-4-16-10)18-9(6)14/h1,3-4H,13H2,(H2,14,15,16,17,18). The lowest BCUT2D eigenvalue weighted by atomic mass is 10.2. The topological polar surface area (TPSA) is 128 Å². The number of rotatable bonds is 0. The number of hydrogen-bond acceptors (Lipinski definition) is 6. The molecule has 4 N–H and O–H groups in total. The van der Waals surface area contributed by atoms with Crippen molar-refractivity contribution in [3.63, 3.8) is 0 Å². The summed E-state index contributed by atoms with van der Waals surface area (Å²) in [5.74, 6) is 0. The van der Waals surface area contributed by atoms with Crippen molar-refractivity contribution < 1.29 is 0 Å². The van der Waals surface area contributed by atoms with Gasteiger partial charge in [0.15, 0.2) is 16.8 Å². The van der Waals surface area contributed by atoms with E-state index in [1.54, 1.807) is 6.07 Å². The van der Waals surface area contributed by atoms with Gasteiger partial charge in [-0.15, -0.1) is 0 Å². The average Bonchev–Trinajstić information content (AvgIpc) is 2.89. The molecule has 0 saturated heterocycles. The van der Waals surface area contributed by atoms with Gasteiger partial charge in [0, 0.05) is 17.3 Å². The van der Waals surface area contributed by atoms with Crippen molar-refractivity contribution in [2.75, 3.05) is 5.73 Å². The second-order valence-electron chi connectivity index (χ2n) is 3.70. The van der Waals surface area contributed by atoms with Crippen molar-refractivity contribution in [2.45, 2.75) is 0 Å². The van der Waals surface area contributed by atoms with Gasteiger partial charge in [-0.25, -0.2) is 15.0 Å². The third kappa shape index (κ3) is 1.29. The molecule has 7 nitrogen and oxygen atoms in total. The number of imidazole rings is 1. The van der Waals surface area contributed by atoms with Gasteiger partial charge in [0.05, 0.1) is 17.6 Å². The molecular formula is C11H7N7. The molecule has 1 aromatic heterocycles. The van der Waals surface area contributed by atoms with Crippen molar-refractivity contribution >= 4 is 17.0 Å². The van der Waals surface area contributed by atoms with Crippen LogP contribution in [0.3, 0.4) is 0 Å². The van der Waals surface area contributed by atoms with Gasteiger partial charge in [0.1, 0.15) is 6.07 Å². The molecule has 7 heteroatoms. The average molecular weight is 237 g/mol.